The summed E-state index contributed by atoms with van der Waals surface area (Å²) in [7, 11) is 1.36. The minimum absolute atomic E-state index is 0.161. The van der Waals surface area contributed by atoms with Crippen molar-refractivity contribution in [1.82, 2.24) is 0 Å². The van der Waals surface area contributed by atoms with Gasteiger partial charge in [-0.2, -0.15) is 0 Å². The van der Waals surface area contributed by atoms with E-state index >= 15 is 0 Å². The SMILES string of the molecule is COC(=O)C[C@@H]1C[C@@H](O)[C@@H](OCc2ccccc2)C2OC(C)(C)O[C@H]21. The van der Waals surface area contributed by atoms with Gasteiger partial charge >= 0.3 is 5.97 Å². The number of fused-ring (bicyclic) bond motifs is 1. The van der Waals surface area contributed by atoms with Crippen LogP contribution in [0.5, 0.6) is 0 Å². The summed E-state index contributed by atoms with van der Waals surface area (Å²) < 4.78 is 22.8. The minimum atomic E-state index is -0.776. The Labute approximate surface area is 148 Å². The number of carbonyl (C=O) groups is 1. The lowest BCUT2D eigenvalue weighted by Gasteiger charge is -2.39. The predicted molar refractivity (Wildman–Crippen MR) is 89.6 cm³/mol. The minimum Gasteiger partial charge on any atom is -0.469 e. The number of hydrogen-bond donors (Lipinski definition) is 1. The number of hydrogen-bond acceptors (Lipinski definition) is 6. The average Bonchev–Trinajstić information content (AvgIpc) is 2.90. The van der Waals surface area contributed by atoms with Crippen molar-refractivity contribution < 1.29 is 28.8 Å². The highest BCUT2D eigenvalue weighted by molar-refractivity contribution is 5.69. The highest BCUT2D eigenvalue weighted by atomic mass is 16.8. The fourth-order valence-corrected chi connectivity index (χ4v) is 3.70. The Balaban J connectivity index is 1.73. The zero-order valence-corrected chi connectivity index (χ0v) is 14.9. The van der Waals surface area contributed by atoms with Crippen molar-refractivity contribution in [2.24, 2.45) is 5.92 Å². The number of aliphatic hydroxyl groups is 1. The molecule has 1 aliphatic carbocycles. The molecule has 2 aliphatic rings. The van der Waals surface area contributed by atoms with E-state index in [0.29, 0.717) is 13.0 Å². The van der Waals surface area contributed by atoms with Crippen LogP contribution in [0.2, 0.25) is 0 Å². The summed E-state index contributed by atoms with van der Waals surface area (Å²) in [4.78, 5) is 11.7. The largest absolute Gasteiger partial charge is 0.469 e. The molecule has 0 bridgehead atoms. The predicted octanol–water partition coefficient (Wildman–Crippen LogP) is 2.04. The molecule has 0 aromatic heterocycles. The van der Waals surface area contributed by atoms with Crippen LogP contribution in [0, 0.1) is 5.92 Å². The van der Waals surface area contributed by atoms with Crippen molar-refractivity contribution in [2.75, 3.05) is 7.11 Å². The molecule has 0 spiro atoms. The van der Waals surface area contributed by atoms with Crippen LogP contribution in [0.25, 0.3) is 0 Å². The van der Waals surface area contributed by atoms with Crippen LogP contribution in [0.1, 0.15) is 32.3 Å². The van der Waals surface area contributed by atoms with E-state index in [1.54, 1.807) is 0 Å². The Kier molecular flexibility index (Phi) is 5.43. The second kappa shape index (κ2) is 7.41. The van der Waals surface area contributed by atoms with Crippen LogP contribution in [-0.4, -0.2) is 48.4 Å². The molecule has 1 heterocycles. The zero-order valence-electron chi connectivity index (χ0n) is 14.9. The van der Waals surface area contributed by atoms with Gasteiger partial charge in [0.2, 0.25) is 0 Å². The molecule has 1 aliphatic heterocycles. The highest BCUT2D eigenvalue weighted by Crippen LogP contribution is 2.42. The first kappa shape index (κ1) is 18.3. The molecule has 6 heteroatoms. The summed E-state index contributed by atoms with van der Waals surface area (Å²) in [6, 6.07) is 9.79. The molecule has 2 fully saturated rings. The molecule has 1 aromatic rings. The van der Waals surface area contributed by atoms with Crippen molar-refractivity contribution in [3.63, 3.8) is 0 Å². The molecule has 0 amide bonds. The van der Waals surface area contributed by atoms with E-state index in [0.717, 1.165) is 5.56 Å². The van der Waals surface area contributed by atoms with Crippen LogP contribution in [0.3, 0.4) is 0 Å². The van der Waals surface area contributed by atoms with E-state index in [9.17, 15) is 9.90 Å². The molecule has 1 saturated carbocycles. The Morgan fingerprint density at radius 2 is 1.92 bits per heavy atom. The molecule has 1 N–H and O–H groups in total. The maximum absolute atomic E-state index is 11.7. The normalized spacial score (nSPS) is 33.7. The maximum Gasteiger partial charge on any atom is 0.305 e. The summed E-state index contributed by atoms with van der Waals surface area (Å²) in [5.41, 5.74) is 1.03. The molecule has 1 unspecified atom stereocenters. The molecular formula is C19H26O6. The van der Waals surface area contributed by atoms with Gasteiger partial charge in [0.1, 0.15) is 12.2 Å². The number of esters is 1. The van der Waals surface area contributed by atoms with Gasteiger partial charge in [0.25, 0.3) is 0 Å². The van der Waals surface area contributed by atoms with Crippen molar-refractivity contribution in [1.29, 1.82) is 0 Å². The fourth-order valence-electron chi connectivity index (χ4n) is 3.70. The second-order valence-corrected chi connectivity index (χ2v) is 7.17. The molecule has 5 atom stereocenters. The van der Waals surface area contributed by atoms with E-state index in [-0.39, 0.29) is 24.4 Å². The molecule has 138 valence electrons. The van der Waals surface area contributed by atoms with E-state index in [1.165, 1.54) is 7.11 Å². The summed E-state index contributed by atoms with van der Waals surface area (Å²) in [5.74, 6) is -1.25. The van der Waals surface area contributed by atoms with E-state index in [4.69, 9.17) is 18.9 Å². The van der Waals surface area contributed by atoms with Crippen molar-refractivity contribution in [3.05, 3.63) is 35.9 Å². The van der Waals surface area contributed by atoms with Gasteiger partial charge in [0, 0.05) is 5.92 Å². The number of rotatable bonds is 5. The summed E-state index contributed by atoms with van der Waals surface area (Å²) >= 11 is 0. The third kappa shape index (κ3) is 4.20. The topological polar surface area (TPSA) is 74.2 Å². The Bertz CT molecular complexity index is 587. The number of ether oxygens (including phenoxy) is 4. The Morgan fingerprint density at radius 3 is 2.60 bits per heavy atom. The summed E-state index contributed by atoms with van der Waals surface area (Å²) in [6.45, 7) is 4.06. The standard InChI is InChI=1S/C19H26O6/c1-19(2)24-16-13(10-15(21)22-3)9-14(20)17(18(16)25-19)23-11-12-7-5-4-6-8-12/h4-8,13-14,16-18,20H,9-11H2,1-3H3/t13-,14+,16-,17+,18?/m0/s1. The lowest BCUT2D eigenvalue weighted by atomic mass is 9.79. The third-order valence-electron chi connectivity index (χ3n) is 4.82. The van der Waals surface area contributed by atoms with Crippen LogP contribution in [0.15, 0.2) is 30.3 Å². The number of benzene rings is 1. The van der Waals surface area contributed by atoms with Gasteiger partial charge in [0.15, 0.2) is 5.79 Å². The van der Waals surface area contributed by atoms with Gasteiger partial charge in [-0.1, -0.05) is 30.3 Å². The monoisotopic (exact) mass is 350 g/mol. The zero-order chi connectivity index (χ0) is 18.0. The van der Waals surface area contributed by atoms with E-state index in [2.05, 4.69) is 0 Å². The molecule has 3 rings (SSSR count). The van der Waals surface area contributed by atoms with Gasteiger partial charge < -0.3 is 24.1 Å². The number of aliphatic hydroxyl groups excluding tert-OH is 1. The fraction of sp³-hybridized carbons (Fsp3) is 0.632. The van der Waals surface area contributed by atoms with Gasteiger partial charge in [-0.15, -0.1) is 0 Å². The van der Waals surface area contributed by atoms with Crippen LogP contribution in [-0.2, 0) is 30.3 Å². The highest BCUT2D eigenvalue weighted by Gasteiger charge is 2.54. The van der Waals surface area contributed by atoms with Crippen molar-refractivity contribution in [2.45, 2.75) is 63.5 Å². The summed E-state index contributed by atoms with van der Waals surface area (Å²) in [6.07, 6.45) is -1.34. The first-order valence-electron chi connectivity index (χ1n) is 8.65. The van der Waals surface area contributed by atoms with E-state index in [1.807, 2.05) is 44.2 Å². The van der Waals surface area contributed by atoms with Crippen LogP contribution < -0.4 is 0 Å². The molecule has 6 nitrogen and oxygen atoms in total. The third-order valence-corrected chi connectivity index (χ3v) is 4.82. The van der Waals surface area contributed by atoms with Crippen molar-refractivity contribution >= 4 is 5.97 Å². The quantitative estimate of drug-likeness (QED) is 0.819. The second-order valence-electron chi connectivity index (χ2n) is 7.17. The Morgan fingerprint density at radius 1 is 1.24 bits per heavy atom. The molecule has 1 aromatic carbocycles. The summed E-state index contributed by atoms with van der Waals surface area (Å²) in [5, 5.41) is 10.6. The smallest absolute Gasteiger partial charge is 0.305 e. The lowest BCUT2D eigenvalue weighted by Crippen LogP contribution is -2.53. The number of methoxy groups -OCH3 is 1. The van der Waals surface area contributed by atoms with Gasteiger partial charge in [-0.3, -0.25) is 4.79 Å². The van der Waals surface area contributed by atoms with Crippen LogP contribution in [0.4, 0.5) is 0 Å². The molecule has 25 heavy (non-hydrogen) atoms. The van der Waals surface area contributed by atoms with Crippen LogP contribution >= 0.6 is 0 Å². The Hall–Kier alpha value is -1.47. The first-order valence-corrected chi connectivity index (χ1v) is 8.65. The maximum atomic E-state index is 11.7. The van der Waals surface area contributed by atoms with Gasteiger partial charge in [-0.05, 0) is 25.8 Å². The lowest BCUT2D eigenvalue weighted by molar-refractivity contribution is -0.171. The molecular weight excluding hydrogens is 324 g/mol. The van der Waals surface area contributed by atoms with Crippen molar-refractivity contribution in [3.8, 4) is 0 Å². The molecule has 0 radical (unpaired) electrons. The average molecular weight is 350 g/mol. The first-order chi connectivity index (χ1) is 11.9. The van der Waals surface area contributed by atoms with Gasteiger partial charge in [0.05, 0.1) is 32.3 Å². The van der Waals surface area contributed by atoms with Gasteiger partial charge in [-0.25, -0.2) is 0 Å². The molecule has 1 saturated heterocycles. The number of carbonyl (C=O) groups excluding carboxylic acids is 1. The van der Waals surface area contributed by atoms with E-state index < -0.39 is 24.1 Å².